The van der Waals surface area contributed by atoms with E-state index in [1.165, 1.54) is 23.5 Å². The maximum Gasteiger partial charge on any atom is 0.252 e. The molecule has 6 heterocycles. The van der Waals surface area contributed by atoms with E-state index < -0.39 is 11.8 Å². The Morgan fingerprint density at radius 1 is 0.712 bits per heavy atom. The quantitative estimate of drug-likeness (QED) is 0.0654. The Labute approximate surface area is 347 Å². The van der Waals surface area contributed by atoms with Crippen LogP contribution in [0.2, 0.25) is 0 Å². The van der Waals surface area contributed by atoms with Crippen molar-refractivity contribution in [3.63, 3.8) is 0 Å². The molecule has 8 N–H and O–H groups in total. The van der Waals surface area contributed by atoms with Gasteiger partial charge in [-0.3, -0.25) is 14.3 Å². The molecule has 8 rings (SSSR count). The summed E-state index contributed by atoms with van der Waals surface area (Å²) in [6.45, 7) is 4.36. The summed E-state index contributed by atoms with van der Waals surface area (Å²) in [7, 11) is 1.86. The fourth-order valence-electron chi connectivity index (χ4n) is 7.04. The molecule has 0 bridgehead atoms. The molecule has 59 heavy (non-hydrogen) atoms. The van der Waals surface area contributed by atoms with Crippen molar-refractivity contribution in [1.82, 2.24) is 24.7 Å². The molecule has 2 aromatic carbocycles. The Hall–Kier alpha value is -6.36. The number of ether oxygens (including phenoxy) is 2. The summed E-state index contributed by atoms with van der Waals surface area (Å²) in [6.07, 6.45) is 12.7. The number of hydrogen-bond donors (Lipinski definition) is 6. The number of carbonyl (C=O) groups excluding carboxylic acids is 2. The minimum Gasteiger partial charge on any atom is -0.381 e. The van der Waals surface area contributed by atoms with E-state index in [1.807, 2.05) is 18.6 Å². The van der Waals surface area contributed by atoms with E-state index in [0.29, 0.717) is 59.1 Å². The monoisotopic (exact) mass is 815 g/mol. The zero-order valence-corrected chi connectivity index (χ0v) is 33.7. The van der Waals surface area contributed by atoms with Crippen LogP contribution in [0.5, 0.6) is 0 Å². The summed E-state index contributed by atoms with van der Waals surface area (Å²) in [6, 6.07) is 20.4. The second-order valence-corrected chi connectivity index (χ2v) is 15.4. The first-order valence-electron chi connectivity index (χ1n) is 19.6. The number of benzene rings is 2. The molecular weight excluding hydrogens is 767 g/mol. The Kier molecular flexibility index (Phi) is 13.7. The molecular formula is C43H49N11O4S. The average Bonchev–Trinajstić information content (AvgIpc) is 3.95. The summed E-state index contributed by atoms with van der Waals surface area (Å²) >= 11 is 1.55. The number of carbonyl (C=O) groups is 2. The van der Waals surface area contributed by atoms with Gasteiger partial charge in [-0.05, 0) is 72.9 Å². The number of nitrogens with zero attached hydrogens (tertiary/aromatic N) is 5. The lowest BCUT2D eigenvalue weighted by atomic mass is 9.92. The molecule has 2 amide bonds. The van der Waals surface area contributed by atoms with Gasteiger partial charge in [0, 0.05) is 99.3 Å². The zero-order valence-electron chi connectivity index (χ0n) is 32.9. The molecule has 16 heteroatoms. The molecule has 0 saturated carbocycles. The molecule has 2 fully saturated rings. The van der Waals surface area contributed by atoms with Crippen molar-refractivity contribution < 1.29 is 19.1 Å². The highest BCUT2D eigenvalue weighted by atomic mass is 32.1. The van der Waals surface area contributed by atoms with Crippen LogP contribution in [-0.2, 0) is 29.6 Å². The smallest absolute Gasteiger partial charge is 0.252 e. The third-order valence-electron chi connectivity index (χ3n) is 10.2. The third kappa shape index (κ3) is 11.4. The standard InChI is InChI=1S/C22H26N6O2.C21H23N5O2S/c1-28-14-15(12-26-28)11-24-20-10-21(25-13-19(20)22(23)29)27-18-4-2-16(3-5-18)17-6-8-30-9-7-17;22-21(27)17-12-25-19(11-18(17)24-13-20-23-7-10-29-20)26-16-3-1-14(2-4-16)15-5-8-28-9-6-15/h2-5,10,12-14,17H,6-9,11H2,1H3,(H2,23,29)(H2,24,25,27);1-4,7,10-12,15H,5-6,8-9,13H2,(H2,22,27)(H2,24,25,26). The van der Waals surface area contributed by atoms with E-state index in [-0.39, 0.29) is 0 Å². The minimum atomic E-state index is -0.524. The van der Waals surface area contributed by atoms with Gasteiger partial charge in [0.1, 0.15) is 16.6 Å². The van der Waals surface area contributed by atoms with Crippen LogP contribution in [0.3, 0.4) is 0 Å². The number of nitrogens with one attached hydrogen (secondary N) is 4. The molecule has 15 nitrogen and oxygen atoms in total. The van der Waals surface area contributed by atoms with E-state index in [2.05, 4.69) is 89.8 Å². The molecule has 306 valence electrons. The molecule has 2 saturated heterocycles. The summed E-state index contributed by atoms with van der Waals surface area (Å²) in [5.41, 5.74) is 18.5. The van der Waals surface area contributed by atoms with Gasteiger partial charge in [0.25, 0.3) is 11.8 Å². The first-order valence-corrected chi connectivity index (χ1v) is 20.5. The van der Waals surface area contributed by atoms with Gasteiger partial charge in [-0.2, -0.15) is 5.10 Å². The zero-order chi connectivity index (χ0) is 41.0. The number of nitrogens with two attached hydrogens (primary N) is 2. The maximum absolute atomic E-state index is 11.8. The number of rotatable bonds is 14. The van der Waals surface area contributed by atoms with Gasteiger partial charge in [0.05, 0.1) is 35.2 Å². The van der Waals surface area contributed by atoms with E-state index in [9.17, 15) is 9.59 Å². The van der Waals surface area contributed by atoms with Gasteiger partial charge in [0.15, 0.2) is 0 Å². The molecule has 2 aliphatic rings. The van der Waals surface area contributed by atoms with E-state index in [0.717, 1.165) is 74.1 Å². The van der Waals surface area contributed by atoms with Gasteiger partial charge >= 0.3 is 0 Å². The van der Waals surface area contributed by atoms with Gasteiger partial charge < -0.3 is 42.2 Å². The summed E-state index contributed by atoms with van der Waals surface area (Å²) in [5.74, 6) is 1.34. The maximum atomic E-state index is 11.8. The number of aryl methyl sites for hydroxylation is 1. The fraction of sp³-hybridized carbons (Fsp3) is 0.302. The van der Waals surface area contributed by atoms with Crippen molar-refractivity contribution in [1.29, 1.82) is 0 Å². The first kappa shape index (κ1) is 40.8. The molecule has 0 spiro atoms. The van der Waals surface area contributed by atoms with Crippen LogP contribution in [0.25, 0.3) is 0 Å². The SMILES string of the molecule is Cn1cc(CNc2cc(Nc3ccc(C4CCOCC4)cc3)ncc2C(N)=O)cn1.NC(=O)c1cnc(Nc2ccc(C3CCOCC3)cc2)cc1NCc1nccs1. The van der Waals surface area contributed by atoms with Gasteiger partial charge in [-0.1, -0.05) is 24.3 Å². The van der Waals surface area contributed by atoms with Crippen LogP contribution in [0, 0.1) is 0 Å². The largest absolute Gasteiger partial charge is 0.381 e. The summed E-state index contributed by atoms with van der Waals surface area (Å²) in [4.78, 5) is 36.4. The molecule has 0 radical (unpaired) electrons. The van der Waals surface area contributed by atoms with Crippen molar-refractivity contribution in [3.8, 4) is 0 Å². The van der Waals surface area contributed by atoms with Crippen LogP contribution in [0.15, 0.2) is 97.0 Å². The van der Waals surface area contributed by atoms with Crippen LogP contribution in [-0.4, -0.2) is 63.0 Å². The highest BCUT2D eigenvalue weighted by Gasteiger charge is 2.18. The lowest BCUT2D eigenvalue weighted by Crippen LogP contribution is -2.15. The van der Waals surface area contributed by atoms with Gasteiger partial charge in [-0.15, -0.1) is 11.3 Å². The van der Waals surface area contributed by atoms with Gasteiger partial charge in [0.2, 0.25) is 0 Å². The predicted molar refractivity (Wildman–Crippen MR) is 231 cm³/mol. The molecule has 0 aliphatic carbocycles. The number of amides is 2. The summed E-state index contributed by atoms with van der Waals surface area (Å²) in [5, 5.41) is 20.1. The summed E-state index contributed by atoms with van der Waals surface area (Å²) < 4.78 is 12.6. The van der Waals surface area contributed by atoms with Crippen LogP contribution >= 0.6 is 11.3 Å². The van der Waals surface area contributed by atoms with Crippen molar-refractivity contribution in [2.45, 2.75) is 50.6 Å². The number of hydrogen-bond acceptors (Lipinski definition) is 13. The first-order chi connectivity index (χ1) is 28.8. The molecule has 4 aromatic heterocycles. The van der Waals surface area contributed by atoms with Crippen LogP contribution in [0.4, 0.5) is 34.4 Å². The second-order valence-electron chi connectivity index (χ2n) is 14.4. The van der Waals surface area contributed by atoms with Crippen molar-refractivity contribution >= 4 is 57.5 Å². The topological polar surface area (TPSA) is 209 Å². The highest BCUT2D eigenvalue weighted by molar-refractivity contribution is 7.09. The number of aromatic nitrogens is 5. The number of primary amides is 2. The molecule has 0 atom stereocenters. The molecule has 6 aromatic rings. The van der Waals surface area contributed by atoms with Gasteiger partial charge in [-0.25, -0.2) is 15.0 Å². The van der Waals surface area contributed by atoms with Crippen molar-refractivity contribution in [3.05, 3.63) is 130 Å². The van der Waals surface area contributed by atoms with Crippen molar-refractivity contribution in [2.24, 2.45) is 18.5 Å². The Morgan fingerprint density at radius 2 is 1.20 bits per heavy atom. The Balaban J connectivity index is 0.000000179. The molecule has 0 unspecified atom stereocenters. The number of anilines is 6. The van der Waals surface area contributed by atoms with Crippen molar-refractivity contribution in [2.75, 3.05) is 47.7 Å². The minimum absolute atomic E-state index is 0.347. The Bertz CT molecular complexity index is 2290. The normalized spacial score (nSPS) is 14.5. The highest BCUT2D eigenvalue weighted by Crippen LogP contribution is 2.30. The third-order valence-corrected chi connectivity index (χ3v) is 11.0. The Morgan fingerprint density at radius 3 is 1.63 bits per heavy atom. The second kappa shape index (κ2) is 19.9. The van der Waals surface area contributed by atoms with Crippen LogP contribution in [0.1, 0.15) is 79.9 Å². The van der Waals surface area contributed by atoms with E-state index in [1.54, 1.807) is 40.5 Å². The molecule has 2 aliphatic heterocycles. The predicted octanol–water partition coefficient (Wildman–Crippen LogP) is 7.05. The van der Waals surface area contributed by atoms with E-state index in [4.69, 9.17) is 20.9 Å². The number of pyridine rings is 2. The lowest BCUT2D eigenvalue weighted by molar-refractivity contribution is 0.0852. The fourth-order valence-corrected chi connectivity index (χ4v) is 7.60. The van der Waals surface area contributed by atoms with E-state index >= 15 is 0 Å². The lowest BCUT2D eigenvalue weighted by Gasteiger charge is -2.22. The average molecular weight is 816 g/mol. The van der Waals surface area contributed by atoms with Crippen LogP contribution < -0.4 is 32.7 Å². The number of thiazole rings is 1.